The van der Waals surface area contributed by atoms with Crippen LogP contribution in [0.5, 0.6) is 0 Å². The van der Waals surface area contributed by atoms with Gasteiger partial charge in [-0.3, -0.25) is 0 Å². The van der Waals surface area contributed by atoms with Crippen molar-refractivity contribution in [1.29, 1.82) is 0 Å². The number of nitrogens with zero attached hydrogens (tertiary/aromatic N) is 7. The molecule has 2 amide bonds. The van der Waals surface area contributed by atoms with Crippen molar-refractivity contribution in [3.63, 3.8) is 0 Å². The molecule has 266 valence electrons. The number of hydrogen-bond acceptors (Lipinski definition) is 5. The predicted molar refractivity (Wildman–Crippen MR) is 206 cm³/mol. The fourth-order valence-corrected chi connectivity index (χ4v) is 7.36. The van der Waals surface area contributed by atoms with E-state index in [9.17, 15) is 4.79 Å². The van der Waals surface area contributed by atoms with Crippen LogP contribution in [-0.4, -0.2) is 53.8 Å². The van der Waals surface area contributed by atoms with E-state index >= 15 is 0 Å². The minimum absolute atomic E-state index is 0.100. The first-order chi connectivity index (χ1) is 24.9. The number of rotatable bonds is 7. The Balaban J connectivity index is 1.33. The van der Waals surface area contributed by atoms with Gasteiger partial charge in [-0.25, -0.2) is 9.78 Å². The number of urea groups is 1. The van der Waals surface area contributed by atoms with E-state index in [-0.39, 0.29) is 16.9 Å². The van der Waals surface area contributed by atoms with Crippen LogP contribution in [0, 0.1) is 11.3 Å². The smallest absolute Gasteiger partial charge is 0.321 e. The van der Waals surface area contributed by atoms with Gasteiger partial charge in [-0.1, -0.05) is 133 Å². The van der Waals surface area contributed by atoms with Gasteiger partial charge >= 0.3 is 6.03 Å². The second-order valence-electron chi connectivity index (χ2n) is 15.9. The van der Waals surface area contributed by atoms with E-state index in [0.29, 0.717) is 17.4 Å². The Morgan fingerprint density at radius 2 is 1.31 bits per heavy atom. The van der Waals surface area contributed by atoms with Crippen molar-refractivity contribution in [3.8, 4) is 17.1 Å². The predicted octanol–water partition coefficient (Wildman–Crippen LogP) is 8.95. The van der Waals surface area contributed by atoms with E-state index < -0.39 is 5.54 Å². The Labute approximate surface area is 306 Å². The molecule has 0 saturated carbocycles. The van der Waals surface area contributed by atoms with Crippen LogP contribution in [-0.2, 0) is 11.0 Å². The third-order valence-corrected chi connectivity index (χ3v) is 10.4. The minimum Gasteiger partial charge on any atom is -0.325 e. The molecule has 0 aliphatic carbocycles. The van der Waals surface area contributed by atoms with Crippen LogP contribution in [0.3, 0.4) is 0 Å². The van der Waals surface area contributed by atoms with Crippen LogP contribution < -0.4 is 5.32 Å². The Hall–Kier alpha value is -5.57. The van der Waals surface area contributed by atoms with Crippen LogP contribution in [0.25, 0.3) is 17.1 Å². The van der Waals surface area contributed by atoms with Crippen LogP contribution in [0.2, 0.25) is 0 Å². The molecule has 0 unspecified atom stereocenters. The molecule has 0 radical (unpaired) electrons. The Bertz CT molecular complexity index is 2020. The van der Waals surface area contributed by atoms with Gasteiger partial charge in [0.05, 0.1) is 17.7 Å². The number of amides is 2. The third kappa shape index (κ3) is 6.75. The highest BCUT2D eigenvalue weighted by atomic mass is 16.2. The zero-order chi connectivity index (χ0) is 36.5. The number of carbonyl (C=O) groups excluding carboxylic acids is 1. The summed E-state index contributed by atoms with van der Waals surface area (Å²) in [6, 6.07) is 36.7. The van der Waals surface area contributed by atoms with Crippen LogP contribution in [0.4, 0.5) is 10.5 Å². The van der Waals surface area contributed by atoms with Gasteiger partial charge < -0.3 is 14.8 Å². The van der Waals surface area contributed by atoms with Gasteiger partial charge in [-0.15, -0.1) is 15.0 Å². The second kappa shape index (κ2) is 13.9. The first kappa shape index (κ1) is 34.9. The molecule has 3 heterocycles. The van der Waals surface area contributed by atoms with Crippen molar-refractivity contribution in [2.24, 2.45) is 11.3 Å². The maximum Gasteiger partial charge on any atom is 0.321 e. The van der Waals surface area contributed by atoms with Gasteiger partial charge in [0.15, 0.2) is 5.54 Å². The van der Waals surface area contributed by atoms with Gasteiger partial charge in [0.1, 0.15) is 0 Å². The fraction of sp³-hybridized carbons (Fsp3) is 0.326. The number of imidazole rings is 1. The average Bonchev–Trinajstić information content (AvgIpc) is 3.85. The summed E-state index contributed by atoms with van der Waals surface area (Å²) < 4.78 is 2.00. The van der Waals surface area contributed by atoms with Crippen molar-refractivity contribution >= 4 is 11.7 Å². The maximum atomic E-state index is 13.6. The summed E-state index contributed by atoms with van der Waals surface area (Å²) in [4.78, 5) is 22.0. The fourth-order valence-electron chi connectivity index (χ4n) is 7.36. The molecule has 1 aliphatic rings. The van der Waals surface area contributed by atoms with Gasteiger partial charge in [0.2, 0.25) is 5.82 Å². The Kier molecular flexibility index (Phi) is 9.29. The molecule has 1 fully saturated rings. The number of nitrogens with one attached hydrogen (secondary N) is 1. The van der Waals surface area contributed by atoms with E-state index in [1.165, 1.54) is 0 Å². The third-order valence-electron chi connectivity index (χ3n) is 10.4. The quantitative estimate of drug-likeness (QED) is 0.169. The normalized spacial score (nSPS) is 14.4. The molecule has 4 aromatic carbocycles. The number of hydrogen-bond donors (Lipinski definition) is 1. The molecule has 0 spiro atoms. The number of tetrazole rings is 1. The molecule has 0 atom stereocenters. The van der Waals surface area contributed by atoms with E-state index in [1.807, 2.05) is 94.8 Å². The molecule has 9 nitrogen and oxygen atoms in total. The summed E-state index contributed by atoms with van der Waals surface area (Å²) in [6.07, 6.45) is 5.86. The van der Waals surface area contributed by atoms with E-state index in [0.717, 1.165) is 59.6 Å². The minimum atomic E-state index is -0.922. The highest BCUT2D eigenvalue weighted by Gasteiger charge is 2.41. The summed E-state index contributed by atoms with van der Waals surface area (Å²) in [7, 11) is 0. The van der Waals surface area contributed by atoms with Crippen molar-refractivity contribution in [2.75, 3.05) is 18.4 Å². The number of piperidine rings is 1. The molecule has 2 aromatic heterocycles. The lowest BCUT2D eigenvalue weighted by atomic mass is 9.75. The lowest BCUT2D eigenvalue weighted by Gasteiger charge is -2.38. The summed E-state index contributed by atoms with van der Waals surface area (Å²) >= 11 is 0. The lowest BCUT2D eigenvalue weighted by molar-refractivity contribution is 0.128. The lowest BCUT2D eigenvalue weighted by Crippen LogP contribution is -2.43. The van der Waals surface area contributed by atoms with Gasteiger partial charge in [0, 0.05) is 36.0 Å². The maximum absolute atomic E-state index is 13.6. The van der Waals surface area contributed by atoms with Crippen molar-refractivity contribution < 1.29 is 4.79 Å². The summed E-state index contributed by atoms with van der Waals surface area (Å²) in [5.74, 6) is 1.02. The van der Waals surface area contributed by atoms with Crippen molar-refractivity contribution in [3.05, 3.63) is 144 Å². The molecule has 1 N–H and O–H groups in total. The highest BCUT2D eigenvalue weighted by Crippen LogP contribution is 2.40. The first-order valence-corrected chi connectivity index (χ1v) is 18.2. The molecule has 1 aliphatic heterocycles. The second-order valence-corrected chi connectivity index (χ2v) is 15.9. The van der Waals surface area contributed by atoms with E-state index in [4.69, 9.17) is 20.4 Å². The number of anilines is 1. The number of carbonyl (C=O) groups is 1. The number of likely N-dealkylation sites (tertiary alicyclic amines) is 1. The summed E-state index contributed by atoms with van der Waals surface area (Å²) in [5.41, 5.74) is 5.34. The van der Waals surface area contributed by atoms with Gasteiger partial charge in [-0.05, 0) is 64.3 Å². The molecule has 1 saturated heterocycles. The monoisotopic (exact) mass is 692 g/mol. The zero-order valence-electron chi connectivity index (χ0n) is 31.0. The molecule has 6 aromatic rings. The van der Waals surface area contributed by atoms with Crippen LogP contribution in [0.15, 0.2) is 122 Å². The van der Waals surface area contributed by atoms with Crippen molar-refractivity contribution in [1.82, 2.24) is 34.7 Å². The molecule has 9 heteroatoms. The zero-order valence-corrected chi connectivity index (χ0v) is 31.0. The molecule has 52 heavy (non-hydrogen) atoms. The standard InChI is InChI=1S/C43H48N8O/c1-41(2,3)31-24-26-49(27-25-31)40(52)45-35-22-23-37(50-29-38(44-30-50)42(4,5)6)36(28-35)39-46-48-51(47-39)43(32-16-10-7-11-17-32,33-18-12-8-13-19-33)34-20-14-9-15-21-34/h7-23,28-31H,24-27H2,1-6H3,(H,45,52). The highest BCUT2D eigenvalue weighted by molar-refractivity contribution is 5.90. The van der Waals surface area contributed by atoms with Gasteiger partial charge in [0.25, 0.3) is 0 Å². The van der Waals surface area contributed by atoms with Crippen LogP contribution >= 0.6 is 0 Å². The summed E-state index contributed by atoms with van der Waals surface area (Å²) in [6.45, 7) is 14.8. The van der Waals surface area contributed by atoms with Crippen molar-refractivity contribution in [2.45, 2.75) is 65.3 Å². The molecular formula is C43H48N8O. The number of aromatic nitrogens is 6. The summed E-state index contributed by atoms with van der Waals surface area (Å²) in [5, 5.41) is 17.9. The van der Waals surface area contributed by atoms with Gasteiger partial charge in [-0.2, -0.15) is 0 Å². The molecular weight excluding hydrogens is 645 g/mol. The Morgan fingerprint density at radius 1 is 0.750 bits per heavy atom. The van der Waals surface area contributed by atoms with Crippen LogP contribution in [0.1, 0.15) is 76.8 Å². The first-order valence-electron chi connectivity index (χ1n) is 18.2. The topological polar surface area (TPSA) is 93.8 Å². The Morgan fingerprint density at radius 3 is 1.81 bits per heavy atom. The molecule has 0 bridgehead atoms. The number of benzene rings is 4. The van der Waals surface area contributed by atoms with E-state index in [1.54, 1.807) is 4.80 Å². The SMILES string of the molecule is CC(C)(C)c1cn(-c2ccc(NC(=O)N3CCC(C(C)(C)C)CC3)cc2-c2nnn(C(c3ccccc3)(c3ccccc3)c3ccccc3)n2)cn1. The van der Waals surface area contributed by atoms with E-state index in [2.05, 4.69) is 83.3 Å². The average molecular weight is 693 g/mol. The molecule has 7 rings (SSSR count). The largest absolute Gasteiger partial charge is 0.325 e.